The number of aromatic nitrogens is 2. The van der Waals surface area contributed by atoms with E-state index in [0.717, 1.165) is 46.4 Å². The molecule has 0 bridgehead atoms. The number of likely N-dealkylation sites (N-methyl/N-ethyl adjacent to an activating group) is 1. The van der Waals surface area contributed by atoms with Gasteiger partial charge in [-0.15, -0.1) is 0 Å². The molecule has 0 atom stereocenters. The zero-order valence-electron chi connectivity index (χ0n) is 16.0. The summed E-state index contributed by atoms with van der Waals surface area (Å²) in [5.74, 6) is -0.918. The van der Waals surface area contributed by atoms with Crippen LogP contribution in [-0.4, -0.2) is 55.8 Å². The number of halogens is 1. The van der Waals surface area contributed by atoms with E-state index in [1.807, 2.05) is 13.8 Å². The van der Waals surface area contributed by atoms with Crippen LogP contribution in [0.5, 0.6) is 0 Å². The third-order valence-corrected chi connectivity index (χ3v) is 5.54. The molecule has 0 aliphatic heterocycles. The first kappa shape index (κ1) is 20.9. The van der Waals surface area contributed by atoms with E-state index in [1.54, 1.807) is 7.05 Å². The molecule has 1 aromatic carbocycles. The van der Waals surface area contributed by atoms with Crippen LogP contribution in [-0.2, 0) is 21.2 Å². The number of sulfonamides is 1. The standard InChI is InChI=1S/C18H25FN4O3S/c1-13-17(14(2)21-20-13)9-6-10-22(3)18(24)12-23(27(4,25)26)16-8-5-7-15(19)11-16/h5,7-8,11H,6,9-10,12H2,1-4H3,(H,20,21). The van der Waals surface area contributed by atoms with E-state index in [-0.39, 0.29) is 18.1 Å². The van der Waals surface area contributed by atoms with Crippen molar-refractivity contribution in [3.63, 3.8) is 0 Å². The quantitative estimate of drug-likeness (QED) is 0.740. The summed E-state index contributed by atoms with van der Waals surface area (Å²) in [6.45, 7) is 3.98. The molecule has 0 spiro atoms. The summed E-state index contributed by atoms with van der Waals surface area (Å²) in [4.78, 5) is 14.0. The molecule has 0 aliphatic carbocycles. The van der Waals surface area contributed by atoms with Crippen molar-refractivity contribution in [1.82, 2.24) is 15.1 Å². The number of aromatic amines is 1. The highest BCUT2D eigenvalue weighted by Crippen LogP contribution is 2.19. The lowest BCUT2D eigenvalue weighted by Crippen LogP contribution is -2.41. The van der Waals surface area contributed by atoms with Crippen molar-refractivity contribution < 1.29 is 17.6 Å². The van der Waals surface area contributed by atoms with Crippen molar-refractivity contribution in [2.24, 2.45) is 0 Å². The Morgan fingerprint density at radius 3 is 2.56 bits per heavy atom. The molecule has 1 aromatic heterocycles. The van der Waals surface area contributed by atoms with Crippen LogP contribution in [0.4, 0.5) is 10.1 Å². The Morgan fingerprint density at radius 1 is 1.30 bits per heavy atom. The fraction of sp³-hybridized carbons (Fsp3) is 0.444. The normalized spacial score (nSPS) is 11.4. The van der Waals surface area contributed by atoms with Crippen LogP contribution < -0.4 is 4.31 Å². The fourth-order valence-electron chi connectivity index (χ4n) is 2.83. The van der Waals surface area contributed by atoms with Gasteiger partial charge in [-0.05, 0) is 50.5 Å². The summed E-state index contributed by atoms with van der Waals surface area (Å²) < 4.78 is 38.5. The van der Waals surface area contributed by atoms with Gasteiger partial charge in [0, 0.05) is 19.3 Å². The number of H-pyrrole nitrogens is 1. The summed E-state index contributed by atoms with van der Waals surface area (Å²) in [7, 11) is -2.10. The number of anilines is 1. The van der Waals surface area contributed by atoms with Crippen LogP contribution in [0.15, 0.2) is 24.3 Å². The summed E-state index contributed by atoms with van der Waals surface area (Å²) in [5.41, 5.74) is 3.21. The number of nitrogens with zero attached hydrogens (tertiary/aromatic N) is 3. The van der Waals surface area contributed by atoms with Gasteiger partial charge in [0.15, 0.2) is 0 Å². The topological polar surface area (TPSA) is 86.4 Å². The molecular formula is C18H25FN4O3S. The number of amides is 1. The molecule has 0 fully saturated rings. The molecule has 7 nitrogen and oxygen atoms in total. The monoisotopic (exact) mass is 396 g/mol. The maximum atomic E-state index is 13.5. The Kier molecular flexibility index (Phi) is 6.59. The lowest BCUT2D eigenvalue weighted by molar-refractivity contribution is -0.128. The summed E-state index contributed by atoms with van der Waals surface area (Å²) >= 11 is 0. The summed E-state index contributed by atoms with van der Waals surface area (Å²) in [5, 5.41) is 7.08. The van der Waals surface area contributed by atoms with Crippen LogP contribution in [0, 0.1) is 19.7 Å². The second kappa shape index (κ2) is 8.51. The van der Waals surface area contributed by atoms with Gasteiger partial charge in [-0.3, -0.25) is 14.2 Å². The lowest BCUT2D eigenvalue weighted by atomic mass is 10.1. The molecule has 0 saturated carbocycles. The highest BCUT2D eigenvalue weighted by atomic mass is 32.2. The zero-order valence-corrected chi connectivity index (χ0v) is 16.8. The van der Waals surface area contributed by atoms with Crippen LogP contribution in [0.1, 0.15) is 23.4 Å². The lowest BCUT2D eigenvalue weighted by Gasteiger charge is -2.25. The van der Waals surface area contributed by atoms with Gasteiger partial charge < -0.3 is 4.90 Å². The van der Waals surface area contributed by atoms with E-state index in [9.17, 15) is 17.6 Å². The van der Waals surface area contributed by atoms with Gasteiger partial charge in [-0.25, -0.2) is 12.8 Å². The molecule has 1 heterocycles. The van der Waals surface area contributed by atoms with Gasteiger partial charge in [0.1, 0.15) is 12.4 Å². The number of rotatable bonds is 8. The van der Waals surface area contributed by atoms with Crippen molar-refractivity contribution in [2.45, 2.75) is 26.7 Å². The maximum Gasteiger partial charge on any atom is 0.243 e. The maximum absolute atomic E-state index is 13.5. The fourth-order valence-corrected chi connectivity index (χ4v) is 3.68. The molecule has 9 heteroatoms. The first-order valence-corrected chi connectivity index (χ1v) is 10.4. The highest BCUT2D eigenvalue weighted by molar-refractivity contribution is 7.92. The Labute approximate surface area is 159 Å². The number of carbonyl (C=O) groups is 1. The first-order valence-electron chi connectivity index (χ1n) is 8.57. The Hall–Kier alpha value is -2.42. The highest BCUT2D eigenvalue weighted by Gasteiger charge is 2.23. The van der Waals surface area contributed by atoms with E-state index in [2.05, 4.69) is 10.2 Å². The van der Waals surface area contributed by atoms with E-state index in [0.29, 0.717) is 6.54 Å². The number of benzene rings is 1. The van der Waals surface area contributed by atoms with E-state index < -0.39 is 15.8 Å². The van der Waals surface area contributed by atoms with Gasteiger partial charge >= 0.3 is 0 Å². The number of hydrogen-bond acceptors (Lipinski definition) is 4. The minimum atomic E-state index is -3.72. The Balaban J connectivity index is 2.00. The average Bonchev–Trinajstić information content (AvgIpc) is 2.90. The molecule has 0 aliphatic rings. The minimum absolute atomic E-state index is 0.129. The smallest absolute Gasteiger partial charge is 0.243 e. The first-order chi connectivity index (χ1) is 12.6. The number of carbonyl (C=O) groups excluding carboxylic acids is 1. The number of nitrogens with one attached hydrogen (secondary N) is 1. The van der Waals surface area contributed by atoms with Gasteiger partial charge in [-0.1, -0.05) is 6.07 Å². The predicted molar refractivity (Wildman–Crippen MR) is 103 cm³/mol. The summed E-state index contributed by atoms with van der Waals surface area (Å²) in [6, 6.07) is 5.19. The van der Waals surface area contributed by atoms with Gasteiger partial charge in [0.2, 0.25) is 15.9 Å². The number of hydrogen-bond donors (Lipinski definition) is 1. The minimum Gasteiger partial charge on any atom is -0.344 e. The van der Waals surface area contributed by atoms with Crippen molar-refractivity contribution in [1.29, 1.82) is 0 Å². The largest absolute Gasteiger partial charge is 0.344 e. The Bertz CT molecular complexity index is 892. The number of aryl methyl sites for hydroxylation is 2. The van der Waals surface area contributed by atoms with Crippen molar-refractivity contribution in [2.75, 3.05) is 30.7 Å². The van der Waals surface area contributed by atoms with Gasteiger partial charge in [0.05, 0.1) is 17.6 Å². The second-order valence-corrected chi connectivity index (χ2v) is 8.49. The molecule has 148 valence electrons. The van der Waals surface area contributed by atoms with Crippen LogP contribution >= 0.6 is 0 Å². The average molecular weight is 396 g/mol. The molecule has 1 N–H and O–H groups in total. The van der Waals surface area contributed by atoms with E-state index >= 15 is 0 Å². The van der Waals surface area contributed by atoms with Crippen molar-refractivity contribution >= 4 is 21.6 Å². The van der Waals surface area contributed by atoms with Crippen LogP contribution in [0.2, 0.25) is 0 Å². The second-order valence-electron chi connectivity index (χ2n) is 6.58. The van der Waals surface area contributed by atoms with Crippen LogP contribution in [0.3, 0.4) is 0 Å². The Morgan fingerprint density at radius 2 is 2.00 bits per heavy atom. The van der Waals surface area contributed by atoms with E-state index in [1.165, 1.54) is 23.1 Å². The zero-order chi connectivity index (χ0) is 20.2. The molecule has 0 radical (unpaired) electrons. The molecular weight excluding hydrogens is 371 g/mol. The van der Waals surface area contributed by atoms with Gasteiger partial charge in [-0.2, -0.15) is 5.10 Å². The molecule has 1 amide bonds. The van der Waals surface area contributed by atoms with E-state index in [4.69, 9.17) is 0 Å². The molecule has 2 aromatic rings. The van der Waals surface area contributed by atoms with Crippen molar-refractivity contribution in [3.05, 3.63) is 47.0 Å². The SMILES string of the molecule is Cc1n[nH]c(C)c1CCCN(C)C(=O)CN(c1cccc(F)c1)S(C)(=O)=O. The van der Waals surface area contributed by atoms with Crippen LogP contribution in [0.25, 0.3) is 0 Å². The van der Waals surface area contributed by atoms with Gasteiger partial charge in [0.25, 0.3) is 0 Å². The summed E-state index contributed by atoms with van der Waals surface area (Å²) in [6.07, 6.45) is 2.49. The molecule has 2 rings (SSSR count). The molecule has 0 saturated heterocycles. The third kappa shape index (κ3) is 5.53. The van der Waals surface area contributed by atoms with Crippen molar-refractivity contribution in [3.8, 4) is 0 Å². The molecule has 27 heavy (non-hydrogen) atoms. The third-order valence-electron chi connectivity index (χ3n) is 4.40. The molecule has 0 unspecified atom stereocenters. The predicted octanol–water partition coefficient (Wildman–Crippen LogP) is 2.02.